The van der Waals surface area contributed by atoms with E-state index in [9.17, 15) is 18.0 Å². The van der Waals surface area contributed by atoms with E-state index in [1.54, 1.807) is 13.0 Å². The highest BCUT2D eigenvalue weighted by molar-refractivity contribution is 5.68. The molecule has 0 radical (unpaired) electrons. The lowest BCUT2D eigenvalue weighted by Gasteiger charge is -2.28. The number of nitrogens with one attached hydrogen (secondary N) is 1. The number of carbonyl (C=O) groups excluding carboxylic acids is 1. The zero-order chi connectivity index (χ0) is 14.4. The Kier molecular flexibility index (Phi) is 6.21. The van der Waals surface area contributed by atoms with Crippen LogP contribution in [0, 0.1) is 0 Å². The van der Waals surface area contributed by atoms with E-state index >= 15 is 0 Å². The zero-order valence-corrected chi connectivity index (χ0v) is 10.9. The first-order valence-electron chi connectivity index (χ1n) is 5.77. The summed E-state index contributed by atoms with van der Waals surface area (Å²) in [5, 5.41) is 2.37. The number of amides is 1. The van der Waals surface area contributed by atoms with Crippen LogP contribution in [0.4, 0.5) is 18.0 Å². The fourth-order valence-corrected chi connectivity index (χ4v) is 1.16. The average molecular weight is 267 g/mol. The molecule has 1 amide bonds. The number of carbonyl (C=O) groups is 1. The quantitative estimate of drug-likeness (QED) is 0.587. The Labute approximate surface area is 105 Å². The normalized spacial score (nSPS) is 13.9. The molecule has 0 saturated carbocycles. The van der Waals surface area contributed by atoms with Gasteiger partial charge in [0, 0.05) is 6.04 Å². The molecule has 6 heteroatoms. The SMILES string of the molecule is C=CCCCC(C)NC(=O)OC(C)(C)C(F)(F)F. The average Bonchev–Trinajstić information content (AvgIpc) is 2.14. The van der Waals surface area contributed by atoms with E-state index in [4.69, 9.17) is 0 Å². The van der Waals surface area contributed by atoms with Crippen molar-refractivity contribution in [2.24, 2.45) is 0 Å². The third-order valence-corrected chi connectivity index (χ3v) is 2.44. The van der Waals surface area contributed by atoms with E-state index in [1.807, 2.05) is 0 Å². The van der Waals surface area contributed by atoms with Crippen LogP contribution in [0.2, 0.25) is 0 Å². The van der Waals surface area contributed by atoms with Crippen LogP contribution in [0.3, 0.4) is 0 Å². The van der Waals surface area contributed by atoms with Gasteiger partial charge in [0.25, 0.3) is 0 Å². The first kappa shape index (κ1) is 16.8. The molecule has 0 aromatic carbocycles. The minimum absolute atomic E-state index is 0.235. The molecule has 1 atom stereocenters. The predicted octanol–water partition coefficient (Wildman–Crippen LogP) is 3.80. The van der Waals surface area contributed by atoms with Crippen molar-refractivity contribution in [3.63, 3.8) is 0 Å². The summed E-state index contributed by atoms with van der Waals surface area (Å²) in [6.45, 7) is 6.90. The van der Waals surface area contributed by atoms with Gasteiger partial charge in [-0.05, 0) is 40.0 Å². The van der Waals surface area contributed by atoms with E-state index in [1.165, 1.54) is 0 Å². The van der Waals surface area contributed by atoms with Crippen LogP contribution < -0.4 is 5.32 Å². The van der Waals surface area contributed by atoms with Gasteiger partial charge in [0.15, 0.2) is 0 Å². The van der Waals surface area contributed by atoms with Crippen molar-refractivity contribution in [3.8, 4) is 0 Å². The van der Waals surface area contributed by atoms with Crippen LogP contribution >= 0.6 is 0 Å². The molecule has 18 heavy (non-hydrogen) atoms. The van der Waals surface area contributed by atoms with Crippen LogP contribution in [-0.2, 0) is 4.74 Å². The van der Waals surface area contributed by atoms with Gasteiger partial charge >= 0.3 is 12.3 Å². The molecule has 0 bridgehead atoms. The standard InChI is InChI=1S/C12H20F3NO2/c1-5-6-7-8-9(2)16-10(17)18-11(3,4)12(13,14)15/h5,9H,1,6-8H2,2-4H3,(H,16,17). The van der Waals surface area contributed by atoms with Crippen molar-refractivity contribution in [3.05, 3.63) is 12.7 Å². The Bertz CT molecular complexity index is 288. The molecule has 106 valence electrons. The van der Waals surface area contributed by atoms with Crippen molar-refractivity contribution >= 4 is 6.09 Å². The minimum atomic E-state index is -4.59. The molecule has 3 nitrogen and oxygen atoms in total. The fourth-order valence-electron chi connectivity index (χ4n) is 1.16. The van der Waals surface area contributed by atoms with Crippen LogP contribution in [0.15, 0.2) is 12.7 Å². The van der Waals surface area contributed by atoms with Crippen molar-refractivity contribution in [2.45, 2.75) is 57.9 Å². The van der Waals surface area contributed by atoms with E-state index in [-0.39, 0.29) is 6.04 Å². The molecule has 0 aromatic rings. The highest BCUT2D eigenvalue weighted by Crippen LogP contribution is 2.32. The number of halogens is 3. The second-order valence-electron chi connectivity index (χ2n) is 4.66. The number of rotatable bonds is 6. The summed E-state index contributed by atoms with van der Waals surface area (Å²) in [6, 6.07) is -0.235. The van der Waals surface area contributed by atoms with Gasteiger partial charge in [-0.1, -0.05) is 6.08 Å². The number of alkyl halides is 3. The van der Waals surface area contributed by atoms with Crippen LogP contribution in [-0.4, -0.2) is 23.9 Å². The van der Waals surface area contributed by atoms with Gasteiger partial charge in [-0.25, -0.2) is 4.79 Å². The van der Waals surface area contributed by atoms with Gasteiger partial charge in [-0.2, -0.15) is 13.2 Å². The van der Waals surface area contributed by atoms with Crippen molar-refractivity contribution in [1.29, 1.82) is 0 Å². The Balaban J connectivity index is 4.15. The Morgan fingerprint density at radius 3 is 2.44 bits per heavy atom. The number of ether oxygens (including phenoxy) is 1. The third kappa shape index (κ3) is 5.93. The number of hydrogen-bond donors (Lipinski definition) is 1. The third-order valence-electron chi connectivity index (χ3n) is 2.44. The Morgan fingerprint density at radius 2 is 2.00 bits per heavy atom. The van der Waals surface area contributed by atoms with E-state index in [0.29, 0.717) is 6.42 Å². The van der Waals surface area contributed by atoms with Gasteiger partial charge in [0.05, 0.1) is 0 Å². The molecular weight excluding hydrogens is 247 g/mol. The van der Waals surface area contributed by atoms with Crippen LogP contribution in [0.1, 0.15) is 40.0 Å². The fraction of sp³-hybridized carbons (Fsp3) is 0.750. The maximum Gasteiger partial charge on any atom is 0.427 e. The highest BCUT2D eigenvalue weighted by atomic mass is 19.4. The lowest BCUT2D eigenvalue weighted by molar-refractivity contribution is -0.244. The molecule has 0 aliphatic heterocycles. The molecule has 0 heterocycles. The largest absolute Gasteiger partial charge is 0.434 e. The molecule has 1 unspecified atom stereocenters. The first-order valence-corrected chi connectivity index (χ1v) is 5.77. The molecule has 0 aliphatic rings. The summed E-state index contributed by atoms with van der Waals surface area (Å²) in [6.07, 6.45) is -1.62. The second-order valence-corrected chi connectivity index (χ2v) is 4.66. The Hall–Kier alpha value is -1.20. The molecule has 0 rings (SSSR count). The van der Waals surface area contributed by atoms with Gasteiger partial charge in [-0.3, -0.25) is 0 Å². The minimum Gasteiger partial charge on any atom is -0.434 e. The van der Waals surface area contributed by atoms with Crippen molar-refractivity contribution < 1.29 is 22.7 Å². The molecule has 1 N–H and O–H groups in total. The first-order chi connectivity index (χ1) is 8.10. The predicted molar refractivity (Wildman–Crippen MR) is 63.3 cm³/mol. The molecule has 0 fully saturated rings. The Morgan fingerprint density at radius 1 is 1.44 bits per heavy atom. The number of allylic oxidation sites excluding steroid dienone is 1. The maximum absolute atomic E-state index is 12.5. The zero-order valence-electron chi connectivity index (χ0n) is 10.9. The van der Waals surface area contributed by atoms with Gasteiger partial charge in [-0.15, -0.1) is 6.58 Å². The summed E-state index contributed by atoms with van der Waals surface area (Å²) in [5.74, 6) is 0. The second kappa shape index (κ2) is 6.66. The summed E-state index contributed by atoms with van der Waals surface area (Å²) >= 11 is 0. The highest BCUT2D eigenvalue weighted by Gasteiger charge is 2.50. The van der Waals surface area contributed by atoms with E-state index < -0.39 is 17.9 Å². The molecular formula is C12H20F3NO2. The molecule has 0 saturated heterocycles. The summed E-state index contributed by atoms with van der Waals surface area (Å²) < 4.78 is 41.8. The lowest BCUT2D eigenvalue weighted by atomic mass is 10.1. The number of alkyl carbamates (subject to hydrolysis) is 1. The monoisotopic (exact) mass is 267 g/mol. The van der Waals surface area contributed by atoms with Gasteiger partial charge < -0.3 is 10.1 Å². The lowest BCUT2D eigenvalue weighted by Crippen LogP contribution is -2.47. The smallest absolute Gasteiger partial charge is 0.427 e. The van der Waals surface area contributed by atoms with Crippen LogP contribution in [0.25, 0.3) is 0 Å². The summed E-state index contributed by atoms with van der Waals surface area (Å²) in [5.41, 5.74) is -2.49. The number of hydrogen-bond acceptors (Lipinski definition) is 2. The molecule has 0 aromatic heterocycles. The van der Waals surface area contributed by atoms with Crippen LogP contribution in [0.5, 0.6) is 0 Å². The summed E-state index contributed by atoms with van der Waals surface area (Å²) in [4.78, 5) is 11.3. The maximum atomic E-state index is 12.5. The van der Waals surface area contributed by atoms with Gasteiger partial charge in [0.2, 0.25) is 5.60 Å². The topological polar surface area (TPSA) is 38.3 Å². The van der Waals surface area contributed by atoms with Crippen molar-refractivity contribution in [1.82, 2.24) is 5.32 Å². The van der Waals surface area contributed by atoms with Crippen molar-refractivity contribution in [2.75, 3.05) is 0 Å². The summed E-state index contributed by atoms with van der Waals surface area (Å²) in [7, 11) is 0. The number of unbranched alkanes of at least 4 members (excludes halogenated alkanes) is 1. The van der Waals surface area contributed by atoms with E-state index in [2.05, 4.69) is 16.6 Å². The molecule has 0 spiro atoms. The van der Waals surface area contributed by atoms with E-state index in [0.717, 1.165) is 26.7 Å². The molecule has 0 aliphatic carbocycles. The van der Waals surface area contributed by atoms with Gasteiger partial charge in [0.1, 0.15) is 0 Å².